The molecule has 0 aliphatic heterocycles. The van der Waals surface area contributed by atoms with Gasteiger partial charge in [0.05, 0.1) is 4.90 Å². The van der Waals surface area contributed by atoms with Crippen molar-refractivity contribution in [2.24, 2.45) is 0 Å². The van der Waals surface area contributed by atoms with E-state index in [9.17, 15) is 17.6 Å². The van der Waals surface area contributed by atoms with Crippen molar-refractivity contribution in [3.05, 3.63) is 51.7 Å². The molecular formula is C15H10F4N4S2. The lowest BCUT2D eigenvalue weighted by Crippen LogP contribution is -2.05. The molecule has 0 N–H and O–H groups in total. The van der Waals surface area contributed by atoms with Crippen molar-refractivity contribution in [2.75, 3.05) is 0 Å². The molecule has 0 amide bonds. The van der Waals surface area contributed by atoms with Crippen molar-refractivity contribution < 1.29 is 17.6 Å². The fraction of sp³-hybridized carbons (Fsp3) is 0.267. The van der Waals surface area contributed by atoms with E-state index < -0.39 is 28.4 Å². The standard InChI is InChI=1S/C15H10F4N4S2/c16-10-12(11(17)14(19)20-13(10)18)25-15-22-21-9(23(15)7-3-4-7)6-8-2-1-5-24-8/h1-2,5,7H,3-4,6H2. The molecule has 1 aliphatic carbocycles. The Morgan fingerprint density at radius 2 is 1.84 bits per heavy atom. The molecule has 0 radical (unpaired) electrons. The molecule has 10 heteroatoms. The summed E-state index contributed by atoms with van der Waals surface area (Å²) in [5.74, 6) is -5.78. The minimum atomic E-state index is -1.68. The molecule has 0 unspecified atom stereocenters. The van der Waals surface area contributed by atoms with E-state index in [0.717, 1.165) is 17.7 Å². The molecule has 3 heterocycles. The summed E-state index contributed by atoms with van der Waals surface area (Å²) in [6, 6.07) is 4.01. The maximum Gasteiger partial charge on any atom is 0.252 e. The maximum absolute atomic E-state index is 13.9. The fourth-order valence-corrected chi connectivity index (χ4v) is 4.08. The van der Waals surface area contributed by atoms with Crippen LogP contribution in [-0.2, 0) is 6.42 Å². The first kappa shape index (κ1) is 16.5. The van der Waals surface area contributed by atoms with Crippen LogP contribution >= 0.6 is 23.1 Å². The van der Waals surface area contributed by atoms with Gasteiger partial charge < -0.3 is 4.57 Å². The summed E-state index contributed by atoms with van der Waals surface area (Å²) in [4.78, 5) is 2.83. The van der Waals surface area contributed by atoms with E-state index in [4.69, 9.17) is 0 Å². The molecule has 0 bridgehead atoms. The first-order valence-corrected chi connectivity index (χ1v) is 9.08. The number of aromatic nitrogens is 4. The van der Waals surface area contributed by atoms with Gasteiger partial charge in [-0.3, -0.25) is 0 Å². The van der Waals surface area contributed by atoms with Gasteiger partial charge in [0.2, 0.25) is 0 Å². The number of rotatable bonds is 5. The molecule has 4 rings (SSSR count). The average Bonchev–Trinajstić information content (AvgIpc) is 3.14. The van der Waals surface area contributed by atoms with Gasteiger partial charge in [0.25, 0.3) is 11.9 Å². The quantitative estimate of drug-likeness (QED) is 0.483. The average molecular weight is 386 g/mol. The first-order chi connectivity index (χ1) is 12.0. The van der Waals surface area contributed by atoms with Gasteiger partial charge in [-0.15, -0.1) is 21.5 Å². The summed E-state index contributed by atoms with van der Waals surface area (Å²) < 4.78 is 56.1. The Kier molecular flexibility index (Phi) is 4.24. The van der Waals surface area contributed by atoms with Gasteiger partial charge in [-0.1, -0.05) is 6.07 Å². The van der Waals surface area contributed by atoms with Crippen LogP contribution in [0.4, 0.5) is 17.6 Å². The molecule has 1 saturated carbocycles. The molecule has 25 heavy (non-hydrogen) atoms. The number of hydrogen-bond donors (Lipinski definition) is 0. The molecule has 4 nitrogen and oxygen atoms in total. The van der Waals surface area contributed by atoms with Crippen molar-refractivity contribution in [3.63, 3.8) is 0 Å². The number of hydrogen-bond acceptors (Lipinski definition) is 5. The SMILES string of the molecule is Fc1nc(F)c(F)c(Sc2nnc(Cc3cccs3)n2C2CC2)c1F. The zero-order valence-corrected chi connectivity index (χ0v) is 14.2. The van der Waals surface area contributed by atoms with Crippen LogP contribution in [0, 0.1) is 23.5 Å². The summed E-state index contributed by atoms with van der Waals surface area (Å²) in [5.41, 5.74) is 0. The second-order valence-electron chi connectivity index (χ2n) is 5.51. The molecule has 0 saturated heterocycles. The Labute approximate surface area is 147 Å². The summed E-state index contributed by atoms with van der Waals surface area (Å²) >= 11 is 2.09. The zero-order chi connectivity index (χ0) is 17.6. The van der Waals surface area contributed by atoms with Crippen molar-refractivity contribution in [3.8, 4) is 0 Å². The highest BCUT2D eigenvalue weighted by molar-refractivity contribution is 7.99. The second-order valence-corrected chi connectivity index (χ2v) is 7.52. The van der Waals surface area contributed by atoms with Gasteiger partial charge in [0.15, 0.2) is 16.8 Å². The van der Waals surface area contributed by atoms with Crippen molar-refractivity contribution in [1.82, 2.24) is 19.7 Å². The first-order valence-electron chi connectivity index (χ1n) is 7.38. The Balaban J connectivity index is 1.71. The molecule has 1 fully saturated rings. The molecule has 3 aromatic heterocycles. The molecule has 130 valence electrons. The van der Waals surface area contributed by atoms with E-state index in [1.807, 2.05) is 17.5 Å². The topological polar surface area (TPSA) is 43.6 Å². The second kappa shape index (κ2) is 6.41. The number of thiophene rings is 1. The van der Waals surface area contributed by atoms with Gasteiger partial charge in [-0.05, 0) is 36.0 Å². The van der Waals surface area contributed by atoms with E-state index in [2.05, 4.69) is 15.2 Å². The Bertz CT molecular complexity index is 896. The molecule has 0 aromatic carbocycles. The Morgan fingerprint density at radius 1 is 1.12 bits per heavy atom. The number of pyridine rings is 1. The Hall–Kier alpha value is -1.94. The highest BCUT2D eigenvalue weighted by atomic mass is 32.2. The van der Waals surface area contributed by atoms with Gasteiger partial charge in [0, 0.05) is 17.3 Å². The third kappa shape index (κ3) is 3.15. The summed E-state index contributed by atoms with van der Waals surface area (Å²) in [5, 5.41) is 10.2. The Morgan fingerprint density at radius 3 is 2.44 bits per heavy atom. The maximum atomic E-state index is 13.9. The highest BCUT2D eigenvalue weighted by Crippen LogP contribution is 2.41. The number of nitrogens with zero attached hydrogens (tertiary/aromatic N) is 4. The molecule has 0 spiro atoms. The lowest BCUT2D eigenvalue weighted by atomic mass is 10.3. The third-order valence-electron chi connectivity index (χ3n) is 3.71. The number of halogens is 4. The molecule has 3 aromatic rings. The van der Waals surface area contributed by atoms with Crippen LogP contribution in [0.1, 0.15) is 29.6 Å². The van der Waals surface area contributed by atoms with Gasteiger partial charge in [0.1, 0.15) is 5.82 Å². The lowest BCUT2D eigenvalue weighted by molar-refractivity contribution is 0.383. The molecular weight excluding hydrogens is 376 g/mol. The smallest absolute Gasteiger partial charge is 0.252 e. The van der Waals surface area contributed by atoms with Crippen molar-refractivity contribution >= 4 is 23.1 Å². The minimum absolute atomic E-state index is 0.134. The lowest BCUT2D eigenvalue weighted by Gasteiger charge is -2.09. The van der Waals surface area contributed by atoms with E-state index in [1.165, 1.54) is 0 Å². The van der Waals surface area contributed by atoms with Crippen LogP contribution in [0.5, 0.6) is 0 Å². The van der Waals surface area contributed by atoms with Crippen LogP contribution in [0.3, 0.4) is 0 Å². The van der Waals surface area contributed by atoms with Crippen molar-refractivity contribution in [1.29, 1.82) is 0 Å². The van der Waals surface area contributed by atoms with E-state index in [1.54, 1.807) is 15.9 Å². The summed E-state index contributed by atoms with van der Waals surface area (Å²) in [6.07, 6.45) is 2.33. The zero-order valence-electron chi connectivity index (χ0n) is 12.5. The van der Waals surface area contributed by atoms with Gasteiger partial charge in [-0.2, -0.15) is 13.8 Å². The summed E-state index contributed by atoms with van der Waals surface area (Å²) in [6.45, 7) is 0. The molecule has 1 aliphatic rings. The van der Waals surface area contributed by atoms with Crippen LogP contribution < -0.4 is 0 Å². The van der Waals surface area contributed by atoms with Crippen molar-refractivity contribution in [2.45, 2.75) is 35.4 Å². The largest absolute Gasteiger partial charge is 0.302 e. The fourth-order valence-electron chi connectivity index (χ4n) is 2.41. The summed E-state index contributed by atoms with van der Waals surface area (Å²) in [7, 11) is 0. The predicted octanol–water partition coefficient (Wildman–Crippen LogP) is 4.37. The normalized spacial score (nSPS) is 14.2. The molecule has 0 atom stereocenters. The predicted molar refractivity (Wildman–Crippen MR) is 83.6 cm³/mol. The van der Waals surface area contributed by atoms with E-state index >= 15 is 0 Å². The van der Waals surface area contributed by atoms with Crippen LogP contribution in [0.15, 0.2) is 27.6 Å². The monoisotopic (exact) mass is 386 g/mol. The van der Waals surface area contributed by atoms with E-state index in [0.29, 0.717) is 24.0 Å². The minimum Gasteiger partial charge on any atom is -0.302 e. The van der Waals surface area contributed by atoms with Gasteiger partial charge in [-0.25, -0.2) is 8.78 Å². The van der Waals surface area contributed by atoms with Gasteiger partial charge >= 0.3 is 0 Å². The van der Waals surface area contributed by atoms with Crippen LogP contribution in [-0.4, -0.2) is 19.7 Å². The highest BCUT2D eigenvalue weighted by Gasteiger charge is 2.31. The third-order valence-corrected chi connectivity index (χ3v) is 5.61. The van der Waals surface area contributed by atoms with Crippen LogP contribution in [0.2, 0.25) is 0 Å². The van der Waals surface area contributed by atoms with Crippen LogP contribution in [0.25, 0.3) is 0 Å². The van der Waals surface area contributed by atoms with E-state index in [-0.39, 0.29) is 11.2 Å².